The van der Waals surface area contributed by atoms with E-state index >= 15 is 0 Å². The quantitative estimate of drug-likeness (QED) is 0.299. The molecule has 0 radical (unpaired) electrons. The van der Waals surface area contributed by atoms with Crippen LogP contribution in [0, 0.1) is 0 Å². The van der Waals surface area contributed by atoms with Crippen LogP contribution in [0.15, 0.2) is 24.3 Å². The lowest BCUT2D eigenvalue weighted by molar-refractivity contribution is -0.139. The monoisotopic (exact) mass is 428 g/mol. The van der Waals surface area contributed by atoms with Gasteiger partial charge < -0.3 is 31.9 Å². The maximum absolute atomic E-state index is 12.5. The van der Waals surface area contributed by atoms with Crippen molar-refractivity contribution < 1.29 is 24.2 Å². The number of amides is 2. The zero-order valence-corrected chi connectivity index (χ0v) is 17.3. The van der Waals surface area contributed by atoms with E-state index in [-0.39, 0.29) is 31.9 Å². The van der Waals surface area contributed by atoms with Crippen molar-refractivity contribution in [3.8, 4) is 0 Å². The number of Topliss-reactive ketones (excluding diaryl/α,β-unsaturated/α-hetero) is 1. The molecule has 0 saturated carbocycles. The number of rotatable bonds is 12. The number of aliphatic hydroxyl groups is 1. The summed E-state index contributed by atoms with van der Waals surface area (Å²) in [6.07, 6.45) is -2.06. The Morgan fingerprint density at radius 3 is 2.21 bits per heavy atom. The molecule has 0 saturated heterocycles. The molecule has 7 N–H and O–H groups in total. The normalized spacial score (nSPS) is 15.1. The zero-order chi connectivity index (χ0) is 22.0. The third kappa shape index (κ3) is 8.08. The topological polar surface area (TPSA) is 157 Å². The second-order valence-corrected chi connectivity index (χ2v) is 6.94. The second kappa shape index (κ2) is 12.5. The van der Waals surface area contributed by atoms with Gasteiger partial charge >= 0.3 is 0 Å². The second-order valence-electron chi connectivity index (χ2n) is 6.51. The molecule has 29 heavy (non-hydrogen) atoms. The molecule has 0 heterocycles. The Morgan fingerprint density at radius 2 is 1.72 bits per heavy atom. The van der Waals surface area contributed by atoms with E-state index in [2.05, 4.69) is 10.6 Å². The standard InChI is InChI=1S/C19H29ClN4O5/c1-3-15(26)14(8-21)23-19(28)17(11(2)25)24-18(27)16(9-22)29-10-12-4-6-13(20)7-5-12/h4-7,11,14,16-17,25H,3,8-10,21-22H2,1-2H3,(H,23,28)(H,24,27)/t11?,14-,16-,17-/m0/s1. The van der Waals surface area contributed by atoms with Crippen molar-refractivity contribution in [3.05, 3.63) is 34.9 Å². The minimum absolute atomic E-state index is 0.0888. The van der Waals surface area contributed by atoms with E-state index in [9.17, 15) is 19.5 Å². The summed E-state index contributed by atoms with van der Waals surface area (Å²) < 4.78 is 5.53. The van der Waals surface area contributed by atoms with E-state index in [0.717, 1.165) is 5.56 Å². The van der Waals surface area contributed by atoms with E-state index in [1.54, 1.807) is 31.2 Å². The number of carbonyl (C=O) groups is 3. The van der Waals surface area contributed by atoms with Crippen LogP contribution in [0.5, 0.6) is 0 Å². The smallest absolute Gasteiger partial charge is 0.251 e. The van der Waals surface area contributed by atoms with Crippen LogP contribution in [0.1, 0.15) is 25.8 Å². The molecule has 1 unspecified atom stereocenters. The first-order chi connectivity index (χ1) is 13.7. The fraction of sp³-hybridized carbons (Fsp3) is 0.526. The molecule has 0 aliphatic carbocycles. The van der Waals surface area contributed by atoms with Crippen molar-refractivity contribution in [2.45, 2.75) is 51.2 Å². The van der Waals surface area contributed by atoms with Crippen molar-refractivity contribution in [1.82, 2.24) is 10.6 Å². The summed E-state index contributed by atoms with van der Waals surface area (Å²) in [7, 11) is 0. The average Bonchev–Trinajstić information content (AvgIpc) is 2.70. The van der Waals surface area contributed by atoms with Gasteiger partial charge in [-0.15, -0.1) is 0 Å². The van der Waals surface area contributed by atoms with Crippen LogP contribution in [0.4, 0.5) is 0 Å². The summed E-state index contributed by atoms with van der Waals surface area (Å²) in [5.74, 6) is -1.63. The summed E-state index contributed by atoms with van der Waals surface area (Å²) in [5, 5.41) is 15.4. The van der Waals surface area contributed by atoms with Gasteiger partial charge in [-0.25, -0.2) is 0 Å². The van der Waals surface area contributed by atoms with Crippen molar-refractivity contribution in [1.29, 1.82) is 0 Å². The number of nitrogens with one attached hydrogen (secondary N) is 2. The Bertz CT molecular complexity index is 684. The highest BCUT2D eigenvalue weighted by molar-refractivity contribution is 6.30. The number of halogens is 1. The van der Waals surface area contributed by atoms with Gasteiger partial charge in [0.25, 0.3) is 5.91 Å². The summed E-state index contributed by atoms with van der Waals surface area (Å²) >= 11 is 5.83. The van der Waals surface area contributed by atoms with Crippen LogP contribution < -0.4 is 22.1 Å². The highest BCUT2D eigenvalue weighted by Crippen LogP contribution is 2.11. The Hall–Kier alpha value is -2.04. The van der Waals surface area contributed by atoms with Crippen LogP contribution in [0.2, 0.25) is 5.02 Å². The van der Waals surface area contributed by atoms with Crippen LogP contribution in [0.25, 0.3) is 0 Å². The lowest BCUT2D eigenvalue weighted by Gasteiger charge is -2.25. The first kappa shape index (κ1) is 25.0. The third-order valence-electron chi connectivity index (χ3n) is 4.22. The number of hydrogen-bond acceptors (Lipinski definition) is 7. The average molecular weight is 429 g/mol. The summed E-state index contributed by atoms with van der Waals surface area (Å²) in [6, 6.07) is 4.69. The lowest BCUT2D eigenvalue weighted by Crippen LogP contribution is -2.59. The van der Waals surface area contributed by atoms with E-state index in [0.29, 0.717) is 5.02 Å². The number of hydrogen-bond donors (Lipinski definition) is 5. The van der Waals surface area contributed by atoms with E-state index in [1.165, 1.54) is 6.92 Å². The van der Waals surface area contributed by atoms with Crippen molar-refractivity contribution in [2.75, 3.05) is 13.1 Å². The first-order valence-electron chi connectivity index (χ1n) is 9.31. The molecule has 9 nitrogen and oxygen atoms in total. The van der Waals surface area contributed by atoms with E-state index in [1.807, 2.05) is 0 Å². The molecule has 2 amide bonds. The molecular formula is C19H29ClN4O5. The molecule has 0 bridgehead atoms. The number of ketones is 1. The Balaban J connectivity index is 2.74. The maximum atomic E-state index is 12.5. The minimum atomic E-state index is -1.30. The molecule has 162 valence electrons. The third-order valence-corrected chi connectivity index (χ3v) is 4.47. The van der Waals surface area contributed by atoms with Gasteiger partial charge in [0.2, 0.25) is 5.91 Å². The molecule has 10 heteroatoms. The molecule has 4 atom stereocenters. The summed E-state index contributed by atoms with van der Waals surface area (Å²) in [5.41, 5.74) is 11.9. The Kier molecular flexibility index (Phi) is 10.8. The van der Waals surface area contributed by atoms with Gasteiger partial charge in [0, 0.05) is 24.5 Å². The number of ether oxygens (including phenoxy) is 1. The fourth-order valence-corrected chi connectivity index (χ4v) is 2.58. The fourth-order valence-electron chi connectivity index (χ4n) is 2.46. The van der Waals surface area contributed by atoms with Gasteiger partial charge in [0.1, 0.15) is 12.1 Å². The highest BCUT2D eigenvalue weighted by atomic mass is 35.5. The van der Waals surface area contributed by atoms with E-state index in [4.69, 9.17) is 27.8 Å². The lowest BCUT2D eigenvalue weighted by atomic mass is 10.1. The molecule has 0 spiro atoms. The summed E-state index contributed by atoms with van der Waals surface area (Å²) in [6.45, 7) is 2.88. The molecule has 1 aromatic rings. The SMILES string of the molecule is CCC(=O)[C@H](CN)NC(=O)[C@@H](NC(=O)[C@H](CN)OCc1ccc(Cl)cc1)C(C)O. The summed E-state index contributed by atoms with van der Waals surface area (Å²) in [4.78, 5) is 36.7. The minimum Gasteiger partial charge on any atom is -0.391 e. The van der Waals surface area contributed by atoms with Crippen LogP contribution in [0.3, 0.4) is 0 Å². The number of aliphatic hydroxyl groups excluding tert-OH is 1. The number of carbonyl (C=O) groups excluding carboxylic acids is 3. The van der Waals surface area contributed by atoms with Gasteiger partial charge in [0.15, 0.2) is 5.78 Å². The van der Waals surface area contributed by atoms with Crippen LogP contribution in [-0.2, 0) is 25.7 Å². The Labute approximate surface area is 175 Å². The molecule has 0 aromatic heterocycles. The van der Waals surface area contributed by atoms with Crippen molar-refractivity contribution in [3.63, 3.8) is 0 Å². The van der Waals surface area contributed by atoms with Gasteiger partial charge in [-0.05, 0) is 24.6 Å². The van der Waals surface area contributed by atoms with Gasteiger partial charge in [-0.2, -0.15) is 0 Å². The number of nitrogens with two attached hydrogens (primary N) is 2. The first-order valence-corrected chi connectivity index (χ1v) is 9.68. The van der Waals surface area contributed by atoms with Crippen LogP contribution in [-0.4, -0.2) is 60.1 Å². The van der Waals surface area contributed by atoms with Gasteiger partial charge in [-0.3, -0.25) is 14.4 Å². The van der Waals surface area contributed by atoms with Gasteiger partial charge in [0.05, 0.1) is 18.8 Å². The molecule has 1 aromatic carbocycles. The largest absolute Gasteiger partial charge is 0.391 e. The zero-order valence-electron chi connectivity index (χ0n) is 16.6. The van der Waals surface area contributed by atoms with Crippen molar-refractivity contribution >= 4 is 29.2 Å². The maximum Gasteiger partial charge on any atom is 0.251 e. The predicted octanol–water partition coefficient (Wildman–Crippen LogP) is -0.528. The van der Waals surface area contributed by atoms with Crippen molar-refractivity contribution in [2.24, 2.45) is 11.5 Å². The molecule has 0 aliphatic heterocycles. The highest BCUT2D eigenvalue weighted by Gasteiger charge is 2.31. The van der Waals surface area contributed by atoms with Crippen LogP contribution >= 0.6 is 11.6 Å². The molecular weight excluding hydrogens is 400 g/mol. The Morgan fingerprint density at radius 1 is 1.10 bits per heavy atom. The predicted molar refractivity (Wildman–Crippen MR) is 109 cm³/mol. The van der Waals surface area contributed by atoms with E-state index < -0.39 is 36.1 Å². The molecule has 0 aliphatic rings. The number of benzene rings is 1. The molecule has 0 fully saturated rings. The van der Waals surface area contributed by atoms with Gasteiger partial charge in [-0.1, -0.05) is 30.7 Å². The molecule has 1 rings (SSSR count).